The van der Waals surface area contributed by atoms with Crippen LogP contribution in [0.1, 0.15) is 0 Å². The van der Waals surface area contributed by atoms with E-state index < -0.39 is 0 Å². The van der Waals surface area contributed by atoms with E-state index in [1.165, 1.54) is 4.57 Å². The molecule has 15 heavy (non-hydrogen) atoms. The van der Waals surface area contributed by atoms with Gasteiger partial charge in [-0.05, 0) is 12.1 Å². The van der Waals surface area contributed by atoms with Gasteiger partial charge in [0.2, 0.25) is 0 Å². The second kappa shape index (κ2) is 3.82. The second-order valence-electron chi connectivity index (χ2n) is 2.95. The standard InChI is InChI=1S/C10H9ClN2O2/c1-15-7-2-3-9(8(11)6-7)13-5-4-12-10(13)14/h2-6H,1H3,(H,12,14). The van der Waals surface area contributed by atoms with Crippen molar-refractivity contribution >= 4 is 11.6 Å². The first-order valence-electron chi connectivity index (χ1n) is 4.32. The van der Waals surface area contributed by atoms with E-state index >= 15 is 0 Å². The van der Waals surface area contributed by atoms with Crippen LogP contribution in [-0.4, -0.2) is 16.7 Å². The summed E-state index contributed by atoms with van der Waals surface area (Å²) in [5.74, 6) is 0.660. The van der Waals surface area contributed by atoms with Gasteiger partial charge in [0.25, 0.3) is 0 Å². The molecule has 0 fully saturated rings. The molecule has 0 radical (unpaired) electrons. The van der Waals surface area contributed by atoms with E-state index in [1.807, 2.05) is 0 Å². The molecule has 5 heteroatoms. The molecule has 4 nitrogen and oxygen atoms in total. The number of rotatable bonds is 2. The van der Waals surface area contributed by atoms with E-state index in [2.05, 4.69) is 4.98 Å². The van der Waals surface area contributed by atoms with E-state index in [1.54, 1.807) is 37.7 Å². The topological polar surface area (TPSA) is 47.0 Å². The highest BCUT2D eigenvalue weighted by molar-refractivity contribution is 6.32. The van der Waals surface area contributed by atoms with Gasteiger partial charge in [-0.3, -0.25) is 4.57 Å². The quantitative estimate of drug-likeness (QED) is 0.846. The number of halogens is 1. The molecule has 1 aromatic heterocycles. The summed E-state index contributed by atoms with van der Waals surface area (Å²) in [6.45, 7) is 0. The van der Waals surface area contributed by atoms with Crippen LogP contribution >= 0.6 is 11.6 Å². The molecule has 0 spiro atoms. The normalized spacial score (nSPS) is 10.3. The third-order valence-electron chi connectivity index (χ3n) is 2.06. The fraction of sp³-hybridized carbons (Fsp3) is 0.100. The first kappa shape index (κ1) is 9.86. The lowest BCUT2D eigenvalue weighted by Crippen LogP contribution is -2.14. The van der Waals surface area contributed by atoms with Crippen LogP contribution in [0.4, 0.5) is 0 Å². The fourth-order valence-corrected chi connectivity index (χ4v) is 1.58. The molecule has 0 amide bonds. The lowest BCUT2D eigenvalue weighted by molar-refractivity contribution is 0.415. The van der Waals surface area contributed by atoms with Crippen LogP contribution in [0, 0.1) is 0 Å². The SMILES string of the molecule is COc1ccc(-n2cc[nH]c2=O)c(Cl)c1. The highest BCUT2D eigenvalue weighted by Crippen LogP contribution is 2.24. The van der Waals surface area contributed by atoms with Crippen molar-refractivity contribution in [3.63, 3.8) is 0 Å². The highest BCUT2D eigenvalue weighted by atomic mass is 35.5. The van der Waals surface area contributed by atoms with Crippen molar-refractivity contribution in [1.82, 2.24) is 9.55 Å². The van der Waals surface area contributed by atoms with Crippen LogP contribution in [0.2, 0.25) is 5.02 Å². The van der Waals surface area contributed by atoms with Gasteiger partial charge in [0.05, 0.1) is 17.8 Å². The molecule has 1 heterocycles. The van der Waals surface area contributed by atoms with Crippen molar-refractivity contribution in [2.75, 3.05) is 7.11 Å². The fourth-order valence-electron chi connectivity index (χ4n) is 1.32. The largest absolute Gasteiger partial charge is 0.497 e. The zero-order valence-electron chi connectivity index (χ0n) is 8.03. The average Bonchev–Trinajstić information content (AvgIpc) is 2.64. The minimum Gasteiger partial charge on any atom is -0.497 e. The van der Waals surface area contributed by atoms with Crippen molar-refractivity contribution in [1.29, 1.82) is 0 Å². The molecule has 0 aliphatic heterocycles. The Balaban J connectivity index is 2.55. The van der Waals surface area contributed by atoms with Crippen LogP contribution in [0.15, 0.2) is 35.4 Å². The van der Waals surface area contributed by atoms with Gasteiger partial charge in [0.15, 0.2) is 0 Å². The maximum Gasteiger partial charge on any atom is 0.330 e. The van der Waals surface area contributed by atoms with Crippen LogP contribution in [0.25, 0.3) is 5.69 Å². The predicted molar refractivity (Wildman–Crippen MR) is 58.0 cm³/mol. The predicted octanol–water partition coefficient (Wildman–Crippen LogP) is 1.83. The molecule has 0 unspecified atom stereocenters. The van der Waals surface area contributed by atoms with Gasteiger partial charge in [-0.15, -0.1) is 0 Å². The van der Waals surface area contributed by atoms with Crippen molar-refractivity contribution in [2.24, 2.45) is 0 Å². The number of nitrogens with zero attached hydrogens (tertiary/aromatic N) is 1. The number of hydrogen-bond donors (Lipinski definition) is 1. The van der Waals surface area contributed by atoms with E-state index in [-0.39, 0.29) is 5.69 Å². The number of imidazole rings is 1. The number of nitrogens with one attached hydrogen (secondary N) is 1. The van der Waals surface area contributed by atoms with Gasteiger partial charge in [0.1, 0.15) is 5.75 Å². The van der Waals surface area contributed by atoms with Gasteiger partial charge in [-0.1, -0.05) is 11.6 Å². The maximum atomic E-state index is 11.3. The van der Waals surface area contributed by atoms with E-state index in [0.29, 0.717) is 16.5 Å². The summed E-state index contributed by atoms with van der Waals surface area (Å²) in [4.78, 5) is 13.9. The minimum atomic E-state index is -0.220. The molecular weight excluding hydrogens is 216 g/mol. The molecule has 2 rings (SSSR count). The number of H-pyrrole nitrogens is 1. The average molecular weight is 225 g/mol. The van der Waals surface area contributed by atoms with Crippen LogP contribution in [0.3, 0.4) is 0 Å². The number of aromatic nitrogens is 2. The molecule has 1 N–H and O–H groups in total. The summed E-state index contributed by atoms with van der Waals surface area (Å²) in [6, 6.07) is 5.15. The Morgan fingerprint density at radius 3 is 2.80 bits per heavy atom. The van der Waals surface area contributed by atoms with Gasteiger partial charge in [0, 0.05) is 18.5 Å². The van der Waals surface area contributed by atoms with Crippen LogP contribution < -0.4 is 10.4 Å². The first-order valence-corrected chi connectivity index (χ1v) is 4.70. The summed E-state index contributed by atoms with van der Waals surface area (Å²) in [6.07, 6.45) is 3.18. The lowest BCUT2D eigenvalue weighted by Gasteiger charge is -2.05. The maximum absolute atomic E-state index is 11.3. The summed E-state index contributed by atoms with van der Waals surface area (Å²) in [5.41, 5.74) is 0.408. The highest BCUT2D eigenvalue weighted by Gasteiger charge is 2.06. The summed E-state index contributed by atoms with van der Waals surface area (Å²) in [5, 5.41) is 0.469. The Bertz CT molecular complexity index is 530. The minimum absolute atomic E-state index is 0.220. The van der Waals surface area contributed by atoms with Crippen LogP contribution in [0.5, 0.6) is 5.75 Å². The van der Waals surface area contributed by atoms with Gasteiger partial charge in [-0.2, -0.15) is 0 Å². The molecule has 78 valence electrons. The van der Waals surface area contributed by atoms with E-state index in [4.69, 9.17) is 16.3 Å². The molecule has 0 saturated carbocycles. The van der Waals surface area contributed by atoms with Crippen molar-refractivity contribution < 1.29 is 4.74 Å². The Labute approximate surface area is 91.1 Å². The van der Waals surface area contributed by atoms with Gasteiger partial charge < -0.3 is 9.72 Å². The van der Waals surface area contributed by atoms with Crippen molar-refractivity contribution in [2.45, 2.75) is 0 Å². The van der Waals surface area contributed by atoms with E-state index in [9.17, 15) is 4.79 Å². The summed E-state index contributed by atoms with van der Waals surface area (Å²) >= 11 is 6.02. The molecule has 0 aliphatic carbocycles. The number of hydrogen-bond acceptors (Lipinski definition) is 2. The molecule has 1 aromatic carbocycles. The molecular formula is C10H9ClN2O2. The van der Waals surface area contributed by atoms with Crippen molar-refractivity contribution in [3.8, 4) is 11.4 Å². The first-order chi connectivity index (χ1) is 7.22. The summed E-state index contributed by atoms with van der Waals surface area (Å²) < 4.78 is 6.45. The zero-order valence-corrected chi connectivity index (χ0v) is 8.78. The number of benzene rings is 1. The third-order valence-corrected chi connectivity index (χ3v) is 2.37. The second-order valence-corrected chi connectivity index (χ2v) is 3.36. The number of ether oxygens (including phenoxy) is 1. The molecule has 0 bridgehead atoms. The number of aromatic amines is 1. The Morgan fingerprint density at radius 1 is 1.47 bits per heavy atom. The van der Waals surface area contributed by atoms with Gasteiger partial charge >= 0.3 is 5.69 Å². The van der Waals surface area contributed by atoms with Gasteiger partial charge in [-0.25, -0.2) is 4.79 Å². The smallest absolute Gasteiger partial charge is 0.330 e. The van der Waals surface area contributed by atoms with Crippen LogP contribution in [-0.2, 0) is 0 Å². The molecule has 0 atom stereocenters. The zero-order chi connectivity index (χ0) is 10.8. The van der Waals surface area contributed by atoms with Crippen molar-refractivity contribution in [3.05, 3.63) is 46.1 Å². The Morgan fingerprint density at radius 2 is 2.27 bits per heavy atom. The third kappa shape index (κ3) is 1.76. The molecule has 2 aromatic rings. The summed E-state index contributed by atoms with van der Waals surface area (Å²) in [7, 11) is 1.56. The van der Waals surface area contributed by atoms with E-state index in [0.717, 1.165) is 0 Å². The monoisotopic (exact) mass is 224 g/mol. The lowest BCUT2D eigenvalue weighted by atomic mass is 10.3. The Hall–Kier alpha value is -1.68. The molecule has 0 saturated heterocycles. The number of methoxy groups -OCH3 is 1. The molecule has 0 aliphatic rings. The Kier molecular flexibility index (Phi) is 2.51.